The first-order valence-electron chi connectivity index (χ1n) is 5.85. The van der Waals surface area contributed by atoms with E-state index >= 15 is 0 Å². The number of carbonyl (C=O) groups excluding carboxylic acids is 3. The molecule has 0 aromatic rings. The number of amides is 3. The summed E-state index contributed by atoms with van der Waals surface area (Å²) in [5.74, 6) is -1.61. The highest BCUT2D eigenvalue weighted by atomic mass is 32.1. The number of rotatable bonds is 7. The van der Waals surface area contributed by atoms with Crippen LogP contribution in [0.4, 0.5) is 0 Å². The standard InChI is InChI=1S/C10H18N4O3S3/c11-7(15)4(2-18)13-8(16)5(3-19)14-9(17)10(12)1-6(10)20/h4-6,18-20H,1-3,12H2,(H2,11,15)(H,13,16)(H,14,17)/t4-,5-,6?,10?/m0/s1. The fourth-order valence-corrected chi connectivity index (χ4v) is 2.42. The van der Waals surface area contributed by atoms with Crippen LogP contribution in [-0.4, -0.2) is 52.1 Å². The van der Waals surface area contributed by atoms with E-state index in [0.29, 0.717) is 6.42 Å². The van der Waals surface area contributed by atoms with Crippen molar-refractivity contribution < 1.29 is 14.4 Å². The molecule has 6 N–H and O–H groups in total. The maximum absolute atomic E-state index is 11.9. The normalized spacial score (nSPS) is 27.3. The number of nitrogens with two attached hydrogens (primary N) is 2. The maximum atomic E-state index is 11.9. The Morgan fingerprint density at radius 1 is 1.20 bits per heavy atom. The lowest BCUT2D eigenvalue weighted by molar-refractivity contribution is -0.131. The van der Waals surface area contributed by atoms with Crippen LogP contribution in [0.2, 0.25) is 0 Å². The van der Waals surface area contributed by atoms with Gasteiger partial charge >= 0.3 is 0 Å². The number of nitrogens with one attached hydrogen (secondary N) is 2. The SMILES string of the molecule is NC(=O)[C@H](CS)NC(=O)[C@H](CS)NC(=O)C1(N)CC1S. The quantitative estimate of drug-likeness (QED) is 0.263. The van der Waals surface area contributed by atoms with Crippen LogP contribution in [0.25, 0.3) is 0 Å². The van der Waals surface area contributed by atoms with Gasteiger partial charge in [0.15, 0.2) is 0 Å². The predicted molar refractivity (Wildman–Crippen MR) is 85.1 cm³/mol. The summed E-state index contributed by atoms with van der Waals surface area (Å²) in [6.45, 7) is 0. The van der Waals surface area contributed by atoms with Crippen LogP contribution >= 0.6 is 37.9 Å². The second-order valence-electron chi connectivity index (χ2n) is 4.62. The monoisotopic (exact) mass is 338 g/mol. The van der Waals surface area contributed by atoms with Gasteiger partial charge in [-0.05, 0) is 6.42 Å². The molecule has 0 aromatic heterocycles. The minimum absolute atomic E-state index is 0.0585. The van der Waals surface area contributed by atoms with Crippen molar-refractivity contribution in [1.82, 2.24) is 10.6 Å². The Morgan fingerprint density at radius 3 is 2.05 bits per heavy atom. The van der Waals surface area contributed by atoms with Crippen LogP contribution in [-0.2, 0) is 14.4 Å². The van der Waals surface area contributed by atoms with E-state index in [0.717, 1.165) is 0 Å². The molecule has 0 bridgehead atoms. The fraction of sp³-hybridized carbons (Fsp3) is 0.700. The average molecular weight is 338 g/mol. The zero-order valence-corrected chi connectivity index (χ0v) is 13.3. The number of hydrogen-bond acceptors (Lipinski definition) is 7. The van der Waals surface area contributed by atoms with Gasteiger partial charge in [-0.3, -0.25) is 14.4 Å². The van der Waals surface area contributed by atoms with Crippen LogP contribution in [0.5, 0.6) is 0 Å². The van der Waals surface area contributed by atoms with Crippen molar-refractivity contribution in [3.05, 3.63) is 0 Å². The van der Waals surface area contributed by atoms with Crippen LogP contribution in [0, 0.1) is 0 Å². The minimum atomic E-state index is -1.04. The first kappa shape index (κ1) is 17.5. The summed E-state index contributed by atoms with van der Waals surface area (Å²) in [6.07, 6.45) is 0.448. The number of carbonyl (C=O) groups is 3. The molecular formula is C10H18N4O3S3. The van der Waals surface area contributed by atoms with E-state index in [1.807, 2.05) is 0 Å². The van der Waals surface area contributed by atoms with Gasteiger partial charge in [0.25, 0.3) is 0 Å². The molecule has 0 aromatic carbocycles. The molecule has 0 spiro atoms. The lowest BCUT2D eigenvalue weighted by Gasteiger charge is -2.21. The Kier molecular flexibility index (Phi) is 6.05. The molecular weight excluding hydrogens is 320 g/mol. The molecule has 114 valence electrons. The van der Waals surface area contributed by atoms with Gasteiger partial charge in [-0.15, -0.1) is 0 Å². The molecule has 0 radical (unpaired) electrons. The van der Waals surface area contributed by atoms with E-state index in [-0.39, 0.29) is 16.8 Å². The van der Waals surface area contributed by atoms with Gasteiger partial charge in [-0.25, -0.2) is 0 Å². The zero-order valence-electron chi connectivity index (χ0n) is 10.6. The zero-order chi connectivity index (χ0) is 15.5. The molecule has 1 rings (SSSR count). The van der Waals surface area contributed by atoms with E-state index in [1.165, 1.54) is 0 Å². The Morgan fingerprint density at radius 2 is 1.70 bits per heavy atom. The van der Waals surface area contributed by atoms with E-state index in [1.54, 1.807) is 0 Å². The molecule has 3 amide bonds. The highest BCUT2D eigenvalue weighted by Crippen LogP contribution is 2.38. The van der Waals surface area contributed by atoms with Crippen LogP contribution < -0.4 is 22.1 Å². The molecule has 1 saturated carbocycles. The summed E-state index contributed by atoms with van der Waals surface area (Å²) in [5.41, 5.74) is 9.83. The molecule has 20 heavy (non-hydrogen) atoms. The number of thiol groups is 3. The largest absolute Gasteiger partial charge is 0.368 e. The van der Waals surface area contributed by atoms with Gasteiger partial charge in [0, 0.05) is 16.8 Å². The van der Waals surface area contributed by atoms with Gasteiger partial charge in [0.2, 0.25) is 17.7 Å². The number of primary amides is 1. The predicted octanol–water partition coefficient (Wildman–Crippen LogP) is -2.30. The van der Waals surface area contributed by atoms with Gasteiger partial charge < -0.3 is 22.1 Å². The first-order valence-corrected chi connectivity index (χ1v) is 7.63. The van der Waals surface area contributed by atoms with Crippen LogP contribution in [0.15, 0.2) is 0 Å². The van der Waals surface area contributed by atoms with Crippen molar-refractivity contribution in [2.75, 3.05) is 11.5 Å². The molecule has 4 atom stereocenters. The van der Waals surface area contributed by atoms with Crippen molar-refractivity contribution in [2.24, 2.45) is 11.5 Å². The van der Waals surface area contributed by atoms with E-state index in [4.69, 9.17) is 11.5 Å². The summed E-state index contributed by atoms with van der Waals surface area (Å²) in [5, 5.41) is 4.66. The van der Waals surface area contributed by atoms with E-state index in [2.05, 4.69) is 48.5 Å². The van der Waals surface area contributed by atoms with Gasteiger partial charge in [0.05, 0.1) is 0 Å². The van der Waals surface area contributed by atoms with E-state index < -0.39 is 35.3 Å². The molecule has 2 unspecified atom stereocenters. The molecule has 7 nitrogen and oxygen atoms in total. The van der Waals surface area contributed by atoms with Gasteiger partial charge in [-0.1, -0.05) is 0 Å². The second kappa shape index (κ2) is 6.92. The smallest absolute Gasteiger partial charge is 0.244 e. The lowest BCUT2D eigenvalue weighted by atomic mass is 10.2. The molecule has 1 aliphatic rings. The summed E-state index contributed by atoms with van der Waals surface area (Å²) in [7, 11) is 0. The summed E-state index contributed by atoms with van der Waals surface area (Å²) < 4.78 is 0. The molecule has 10 heteroatoms. The second-order valence-corrected chi connectivity index (χ2v) is 5.97. The fourth-order valence-electron chi connectivity index (χ4n) is 1.47. The highest BCUT2D eigenvalue weighted by Gasteiger charge is 2.55. The van der Waals surface area contributed by atoms with Crippen molar-refractivity contribution >= 4 is 55.6 Å². The minimum Gasteiger partial charge on any atom is -0.368 e. The van der Waals surface area contributed by atoms with Gasteiger partial charge in [-0.2, -0.15) is 37.9 Å². The summed E-state index contributed by atoms with van der Waals surface area (Å²) in [4.78, 5) is 34.9. The summed E-state index contributed by atoms with van der Waals surface area (Å²) in [6, 6.07) is -1.82. The molecule has 0 aliphatic heterocycles. The third-order valence-corrected chi connectivity index (χ3v) is 4.41. The Bertz CT molecular complexity index is 423. The van der Waals surface area contributed by atoms with Crippen molar-refractivity contribution in [2.45, 2.75) is 29.3 Å². The average Bonchev–Trinajstić information content (AvgIpc) is 3.01. The topological polar surface area (TPSA) is 127 Å². The molecule has 0 saturated heterocycles. The lowest BCUT2D eigenvalue weighted by Crippen LogP contribution is -2.57. The number of hydrogen-bond donors (Lipinski definition) is 7. The Labute approximate surface area is 133 Å². The Hall–Kier alpha value is -0.580. The molecule has 1 aliphatic carbocycles. The van der Waals surface area contributed by atoms with Crippen LogP contribution in [0.3, 0.4) is 0 Å². The third kappa shape index (κ3) is 3.96. The van der Waals surface area contributed by atoms with E-state index in [9.17, 15) is 14.4 Å². The van der Waals surface area contributed by atoms with Crippen molar-refractivity contribution in [3.63, 3.8) is 0 Å². The maximum Gasteiger partial charge on any atom is 0.244 e. The van der Waals surface area contributed by atoms with Gasteiger partial charge in [0.1, 0.15) is 17.6 Å². The van der Waals surface area contributed by atoms with Crippen molar-refractivity contribution in [3.8, 4) is 0 Å². The van der Waals surface area contributed by atoms with Crippen molar-refractivity contribution in [1.29, 1.82) is 0 Å². The summed E-state index contributed by atoms with van der Waals surface area (Å²) >= 11 is 12.0. The Balaban J connectivity index is 2.59. The molecule has 0 heterocycles. The molecule has 1 fully saturated rings. The third-order valence-electron chi connectivity index (χ3n) is 3.04. The van der Waals surface area contributed by atoms with Crippen LogP contribution in [0.1, 0.15) is 6.42 Å². The highest BCUT2D eigenvalue weighted by molar-refractivity contribution is 7.81. The first-order chi connectivity index (χ1) is 9.26.